The van der Waals surface area contributed by atoms with Crippen molar-refractivity contribution in [1.82, 2.24) is 0 Å². The highest BCUT2D eigenvalue weighted by molar-refractivity contribution is 5.58. The summed E-state index contributed by atoms with van der Waals surface area (Å²) >= 11 is 0. The number of benzene rings is 1. The van der Waals surface area contributed by atoms with Gasteiger partial charge in [0.15, 0.2) is 5.75 Å². The minimum Gasteiger partial charge on any atom is -0.487 e. The van der Waals surface area contributed by atoms with E-state index in [0.717, 1.165) is 19.3 Å². The minimum atomic E-state index is -0.458. The van der Waals surface area contributed by atoms with Gasteiger partial charge in [0, 0.05) is 24.4 Å². The first-order chi connectivity index (χ1) is 9.58. The lowest BCUT2D eigenvalue weighted by molar-refractivity contribution is -0.385. The van der Waals surface area contributed by atoms with Crippen molar-refractivity contribution in [1.29, 1.82) is 0 Å². The third kappa shape index (κ3) is 5.05. The molecule has 6 nitrogen and oxygen atoms in total. The molecule has 6 heteroatoms. The number of nitro groups is 1. The lowest BCUT2D eigenvalue weighted by Gasteiger charge is -2.13. The molecule has 1 atom stereocenters. The molecule has 0 saturated carbocycles. The average Bonchev–Trinajstić information content (AvgIpc) is 2.43. The predicted octanol–water partition coefficient (Wildman–Crippen LogP) is 2.96. The molecular formula is C14H22N2O4. The van der Waals surface area contributed by atoms with Crippen molar-refractivity contribution in [3.63, 3.8) is 0 Å². The van der Waals surface area contributed by atoms with E-state index in [4.69, 9.17) is 4.74 Å². The third-order valence-electron chi connectivity index (χ3n) is 2.78. The van der Waals surface area contributed by atoms with Gasteiger partial charge in [-0.1, -0.05) is 20.3 Å². The molecule has 0 amide bonds. The summed E-state index contributed by atoms with van der Waals surface area (Å²) in [5.74, 6) is 0.256. The summed E-state index contributed by atoms with van der Waals surface area (Å²) in [4.78, 5) is 10.5. The Morgan fingerprint density at radius 1 is 1.40 bits per heavy atom. The molecule has 1 aromatic carbocycles. The van der Waals surface area contributed by atoms with Gasteiger partial charge >= 0.3 is 5.69 Å². The summed E-state index contributed by atoms with van der Waals surface area (Å²) in [6.45, 7) is 4.79. The molecule has 0 fully saturated rings. The molecule has 1 rings (SSSR count). The lowest BCUT2D eigenvalue weighted by Crippen LogP contribution is -2.19. The van der Waals surface area contributed by atoms with Crippen LogP contribution < -0.4 is 10.1 Å². The molecule has 1 unspecified atom stereocenters. The van der Waals surface area contributed by atoms with E-state index in [1.165, 1.54) is 6.07 Å². The van der Waals surface area contributed by atoms with Crippen molar-refractivity contribution in [2.45, 2.75) is 39.2 Å². The predicted molar refractivity (Wildman–Crippen MR) is 78.3 cm³/mol. The van der Waals surface area contributed by atoms with Crippen molar-refractivity contribution in [2.24, 2.45) is 0 Å². The Morgan fingerprint density at radius 2 is 2.15 bits per heavy atom. The average molecular weight is 282 g/mol. The maximum atomic E-state index is 10.9. The van der Waals surface area contributed by atoms with Gasteiger partial charge in [0.05, 0.1) is 17.6 Å². The van der Waals surface area contributed by atoms with Crippen LogP contribution in [0.3, 0.4) is 0 Å². The van der Waals surface area contributed by atoms with Crippen LogP contribution >= 0.6 is 0 Å². The second kappa shape index (κ2) is 8.37. The van der Waals surface area contributed by atoms with Crippen molar-refractivity contribution in [2.75, 3.05) is 18.5 Å². The van der Waals surface area contributed by atoms with E-state index in [1.807, 2.05) is 13.8 Å². The summed E-state index contributed by atoms with van der Waals surface area (Å²) in [6, 6.07) is 4.64. The molecule has 0 bridgehead atoms. The number of nitrogens with zero attached hydrogens (tertiary/aromatic N) is 1. The van der Waals surface area contributed by atoms with E-state index in [-0.39, 0.29) is 11.4 Å². The highest BCUT2D eigenvalue weighted by Crippen LogP contribution is 2.30. The number of anilines is 1. The molecule has 112 valence electrons. The monoisotopic (exact) mass is 282 g/mol. The summed E-state index contributed by atoms with van der Waals surface area (Å²) in [6.07, 6.45) is 1.99. The third-order valence-corrected chi connectivity index (χ3v) is 2.78. The number of nitrogens with one attached hydrogen (secondary N) is 1. The molecular weight excluding hydrogens is 260 g/mol. The van der Waals surface area contributed by atoms with E-state index in [1.54, 1.807) is 12.1 Å². The summed E-state index contributed by atoms with van der Waals surface area (Å²) in [5.41, 5.74) is 0.662. The SMILES string of the molecule is CCCOc1cc(NCC(O)CCC)ccc1[N+](=O)[O-]. The zero-order valence-corrected chi connectivity index (χ0v) is 12.0. The highest BCUT2D eigenvalue weighted by Gasteiger charge is 2.15. The first-order valence-electron chi connectivity index (χ1n) is 6.91. The molecule has 20 heavy (non-hydrogen) atoms. The second-order valence-electron chi connectivity index (χ2n) is 4.61. The number of nitro benzene ring substituents is 1. The van der Waals surface area contributed by atoms with Crippen LogP contribution in [0.15, 0.2) is 18.2 Å². The van der Waals surface area contributed by atoms with Crippen molar-refractivity contribution in [3.05, 3.63) is 28.3 Å². The van der Waals surface area contributed by atoms with Crippen molar-refractivity contribution in [3.8, 4) is 5.75 Å². The molecule has 2 N–H and O–H groups in total. The van der Waals surface area contributed by atoms with Gasteiger partial charge in [-0.25, -0.2) is 0 Å². The standard InChI is InChI=1S/C14H22N2O4/c1-3-5-12(17)10-15-11-6-7-13(16(18)19)14(9-11)20-8-4-2/h6-7,9,12,15,17H,3-5,8,10H2,1-2H3. The fourth-order valence-electron chi connectivity index (χ4n) is 1.77. The summed E-state index contributed by atoms with van der Waals surface area (Å²) in [5, 5.41) is 23.6. The van der Waals surface area contributed by atoms with Crippen LogP contribution in [0.4, 0.5) is 11.4 Å². The Hall–Kier alpha value is -1.82. The minimum absolute atomic E-state index is 0.0434. The number of aliphatic hydroxyl groups excluding tert-OH is 1. The van der Waals surface area contributed by atoms with E-state index in [9.17, 15) is 15.2 Å². The van der Waals surface area contributed by atoms with Gasteiger partial charge in [0.2, 0.25) is 0 Å². The molecule has 0 radical (unpaired) electrons. The van der Waals surface area contributed by atoms with Crippen LogP contribution in [0, 0.1) is 10.1 Å². The van der Waals surface area contributed by atoms with Gasteiger partial charge in [0.1, 0.15) is 0 Å². The summed E-state index contributed by atoms with van der Waals surface area (Å²) in [7, 11) is 0. The lowest BCUT2D eigenvalue weighted by atomic mass is 10.2. The molecule has 0 saturated heterocycles. The van der Waals surface area contributed by atoms with Crippen LogP contribution in [-0.2, 0) is 0 Å². The second-order valence-corrected chi connectivity index (χ2v) is 4.61. The first kappa shape index (κ1) is 16.2. The quantitative estimate of drug-likeness (QED) is 0.537. The number of hydrogen-bond donors (Lipinski definition) is 2. The maximum absolute atomic E-state index is 10.9. The van der Waals surface area contributed by atoms with Gasteiger partial charge in [-0.3, -0.25) is 10.1 Å². The van der Waals surface area contributed by atoms with Gasteiger partial charge in [0.25, 0.3) is 0 Å². The van der Waals surface area contributed by atoms with E-state index in [2.05, 4.69) is 5.32 Å². The smallest absolute Gasteiger partial charge is 0.311 e. The van der Waals surface area contributed by atoms with Gasteiger partial charge < -0.3 is 15.2 Å². The molecule has 0 aliphatic heterocycles. The Kier molecular flexibility index (Phi) is 6.79. The normalized spacial score (nSPS) is 11.9. The van der Waals surface area contributed by atoms with Crippen LogP contribution in [0.5, 0.6) is 5.75 Å². The Balaban J connectivity index is 2.75. The zero-order valence-electron chi connectivity index (χ0n) is 12.0. The fourth-order valence-corrected chi connectivity index (χ4v) is 1.77. The largest absolute Gasteiger partial charge is 0.487 e. The summed E-state index contributed by atoms with van der Waals surface area (Å²) < 4.78 is 5.40. The molecule has 0 aromatic heterocycles. The molecule has 0 spiro atoms. The number of ether oxygens (including phenoxy) is 1. The first-order valence-corrected chi connectivity index (χ1v) is 6.91. The molecule has 0 aliphatic carbocycles. The Labute approximate surface area is 118 Å². The van der Waals surface area contributed by atoms with E-state index in [0.29, 0.717) is 18.8 Å². The zero-order chi connectivity index (χ0) is 15.0. The highest BCUT2D eigenvalue weighted by atomic mass is 16.6. The van der Waals surface area contributed by atoms with E-state index < -0.39 is 11.0 Å². The fraction of sp³-hybridized carbons (Fsp3) is 0.571. The van der Waals surface area contributed by atoms with Crippen molar-refractivity contribution < 1.29 is 14.8 Å². The van der Waals surface area contributed by atoms with Crippen LogP contribution in [-0.4, -0.2) is 29.3 Å². The van der Waals surface area contributed by atoms with Crippen molar-refractivity contribution >= 4 is 11.4 Å². The van der Waals surface area contributed by atoms with Crippen LogP contribution in [0.1, 0.15) is 33.1 Å². The number of hydrogen-bond acceptors (Lipinski definition) is 5. The molecule has 0 heterocycles. The maximum Gasteiger partial charge on any atom is 0.311 e. The van der Waals surface area contributed by atoms with E-state index >= 15 is 0 Å². The topological polar surface area (TPSA) is 84.6 Å². The van der Waals surface area contributed by atoms with Crippen LogP contribution in [0.25, 0.3) is 0 Å². The molecule has 1 aromatic rings. The number of rotatable bonds is 9. The van der Waals surface area contributed by atoms with Gasteiger partial charge in [-0.15, -0.1) is 0 Å². The number of aliphatic hydroxyl groups is 1. The van der Waals surface area contributed by atoms with Crippen LogP contribution in [0.2, 0.25) is 0 Å². The van der Waals surface area contributed by atoms with Gasteiger partial charge in [-0.2, -0.15) is 0 Å². The Morgan fingerprint density at radius 3 is 2.75 bits per heavy atom. The Bertz CT molecular complexity index is 437. The van der Waals surface area contributed by atoms with Gasteiger partial charge in [-0.05, 0) is 18.9 Å². The molecule has 0 aliphatic rings.